The molecule has 0 saturated heterocycles. The van der Waals surface area contributed by atoms with Crippen LogP contribution in [0.2, 0.25) is 0 Å². The highest BCUT2D eigenvalue weighted by atomic mass is 19.4. The van der Waals surface area contributed by atoms with Crippen molar-refractivity contribution in [3.63, 3.8) is 0 Å². The van der Waals surface area contributed by atoms with Crippen molar-refractivity contribution in [2.24, 2.45) is 7.05 Å². The van der Waals surface area contributed by atoms with E-state index in [0.29, 0.717) is 0 Å². The molecule has 0 amide bonds. The fourth-order valence-electron chi connectivity index (χ4n) is 1.26. The molecule has 0 saturated carbocycles. The first-order valence-corrected chi connectivity index (χ1v) is 4.47. The van der Waals surface area contributed by atoms with Crippen molar-refractivity contribution in [1.82, 2.24) is 9.55 Å². The standard InChI is InChI=1S/C10H8F3N3/c1-15-4-5-16(7-15)9-6-8(2-3-14-9)10(11,12)13/h2-6H,1H3. The molecule has 2 rings (SSSR count). The van der Waals surface area contributed by atoms with Crippen LogP contribution in [-0.2, 0) is 13.2 Å². The predicted molar refractivity (Wildman–Crippen MR) is 48.6 cm³/mol. The topological polar surface area (TPSA) is 21.7 Å². The number of hydrogen-bond acceptors (Lipinski definition) is 1. The van der Waals surface area contributed by atoms with Crippen LogP contribution in [-0.4, -0.2) is 9.55 Å². The smallest absolute Gasteiger partial charge is 0.323 e. The van der Waals surface area contributed by atoms with Crippen LogP contribution in [0.5, 0.6) is 0 Å². The van der Waals surface area contributed by atoms with Crippen LogP contribution in [0, 0.1) is 6.33 Å². The maximum Gasteiger partial charge on any atom is 0.415 e. The summed E-state index contributed by atoms with van der Waals surface area (Å²) in [7, 11) is 1.73. The van der Waals surface area contributed by atoms with Gasteiger partial charge in [0, 0.05) is 18.6 Å². The van der Waals surface area contributed by atoms with Crippen molar-refractivity contribution in [1.29, 1.82) is 0 Å². The van der Waals surface area contributed by atoms with Gasteiger partial charge in [-0.15, -0.1) is 0 Å². The van der Waals surface area contributed by atoms with Gasteiger partial charge in [-0.25, -0.2) is 0 Å². The zero-order valence-electron chi connectivity index (χ0n) is 8.36. The number of alkyl halides is 3. The summed E-state index contributed by atoms with van der Waals surface area (Å²) in [6, 6.07) is 1.92. The number of halogens is 3. The molecule has 0 aromatic carbocycles. The quantitative estimate of drug-likeness (QED) is 0.534. The van der Waals surface area contributed by atoms with Gasteiger partial charge in [-0.1, -0.05) is 0 Å². The Morgan fingerprint density at radius 1 is 1.44 bits per heavy atom. The zero-order valence-corrected chi connectivity index (χ0v) is 8.36. The van der Waals surface area contributed by atoms with E-state index in [1.54, 1.807) is 24.0 Å². The van der Waals surface area contributed by atoms with E-state index in [4.69, 9.17) is 0 Å². The predicted octanol–water partition coefficient (Wildman–Crippen LogP) is 1.52. The average Bonchev–Trinajstić information content (AvgIpc) is 2.64. The number of hydrogen-bond donors (Lipinski definition) is 0. The highest BCUT2D eigenvalue weighted by Crippen LogP contribution is 2.29. The summed E-state index contributed by atoms with van der Waals surface area (Å²) >= 11 is 0. The second-order valence-corrected chi connectivity index (χ2v) is 3.28. The Bertz CT molecular complexity index is 502. The monoisotopic (exact) mass is 227 g/mol. The van der Waals surface area contributed by atoms with Crippen molar-refractivity contribution < 1.29 is 17.7 Å². The molecule has 84 valence electrons. The maximum absolute atomic E-state index is 12.4. The van der Waals surface area contributed by atoms with E-state index in [0.717, 1.165) is 18.3 Å². The molecule has 16 heavy (non-hydrogen) atoms. The second-order valence-electron chi connectivity index (χ2n) is 3.28. The highest BCUT2D eigenvalue weighted by Gasteiger charge is 2.30. The highest BCUT2D eigenvalue weighted by molar-refractivity contribution is 5.28. The molecule has 0 atom stereocenters. The van der Waals surface area contributed by atoms with Crippen LogP contribution >= 0.6 is 0 Å². The van der Waals surface area contributed by atoms with Gasteiger partial charge >= 0.3 is 6.18 Å². The summed E-state index contributed by atoms with van der Waals surface area (Å²) in [6.07, 6.45) is 2.81. The first kappa shape index (κ1) is 10.7. The number of rotatable bonds is 1. The lowest BCUT2D eigenvalue weighted by Crippen LogP contribution is -2.24. The third-order valence-corrected chi connectivity index (χ3v) is 2.02. The van der Waals surface area contributed by atoms with Gasteiger partial charge in [-0.3, -0.25) is 4.98 Å². The molecule has 0 aliphatic carbocycles. The lowest BCUT2D eigenvalue weighted by Gasteiger charge is -2.08. The van der Waals surface area contributed by atoms with Gasteiger partial charge in [0.15, 0.2) is 0 Å². The summed E-state index contributed by atoms with van der Waals surface area (Å²) in [4.78, 5) is 3.85. The van der Waals surface area contributed by atoms with Crippen molar-refractivity contribution >= 4 is 0 Å². The Morgan fingerprint density at radius 2 is 2.19 bits per heavy atom. The second kappa shape index (κ2) is 3.62. The summed E-state index contributed by atoms with van der Waals surface area (Å²) in [6.45, 7) is 0. The van der Waals surface area contributed by atoms with E-state index in [9.17, 15) is 13.2 Å². The average molecular weight is 227 g/mol. The van der Waals surface area contributed by atoms with Crippen molar-refractivity contribution in [2.75, 3.05) is 0 Å². The molecule has 2 aromatic heterocycles. The largest absolute Gasteiger partial charge is 0.415 e. The number of pyridine rings is 1. The lowest BCUT2D eigenvalue weighted by atomic mass is 10.2. The Kier molecular flexibility index (Phi) is 2.41. The summed E-state index contributed by atoms with van der Waals surface area (Å²) in [5, 5.41) is 0. The van der Waals surface area contributed by atoms with E-state index in [1.165, 1.54) is 4.57 Å². The minimum Gasteiger partial charge on any atom is -0.323 e. The zero-order chi connectivity index (χ0) is 11.8. The van der Waals surface area contributed by atoms with Crippen molar-refractivity contribution in [3.8, 4) is 5.82 Å². The number of nitrogens with zero attached hydrogens (tertiary/aromatic N) is 3. The first-order chi connectivity index (χ1) is 7.47. The van der Waals surface area contributed by atoms with Gasteiger partial charge in [0.2, 0.25) is 6.33 Å². The van der Waals surface area contributed by atoms with E-state index in [2.05, 4.69) is 11.3 Å². The Labute approximate surface area is 89.8 Å². The number of aryl methyl sites for hydroxylation is 1. The maximum atomic E-state index is 12.4. The molecule has 0 fully saturated rings. The number of aromatic nitrogens is 3. The van der Waals surface area contributed by atoms with Gasteiger partial charge in [0.1, 0.15) is 5.82 Å². The van der Waals surface area contributed by atoms with E-state index >= 15 is 0 Å². The van der Waals surface area contributed by atoms with Gasteiger partial charge < -0.3 is 9.13 Å². The minimum atomic E-state index is -4.35. The lowest BCUT2D eigenvalue weighted by molar-refractivity contribution is -0.674. The van der Waals surface area contributed by atoms with Crippen molar-refractivity contribution in [3.05, 3.63) is 42.6 Å². The Balaban J connectivity index is 2.44. The molecule has 0 N–H and O–H groups in total. The molecule has 0 radical (unpaired) electrons. The van der Waals surface area contributed by atoms with Crippen LogP contribution < -0.4 is 4.57 Å². The van der Waals surface area contributed by atoms with Crippen LogP contribution in [0.1, 0.15) is 5.56 Å². The molecular formula is C10H8F3N3. The van der Waals surface area contributed by atoms with E-state index < -0.39 is 11.7 Å². The SMILES string of the molecule is C[n+]1[c-]n(-c2cc(C(F)(F)F)ccn2)cc1. The molecule has 3 nitrogen and oxygen atoms in total. The van der Waals surface area contributed by atoms with Gasteiger partial charge in [0.05, 0.1) is 12.6 Å². The minimum absolute atomic E-state index is 0.190. The first-order valence-electron chi connectivity index (χ1n) is 4.47. The fourth-order valence-corrected chi connectivity index (χ4v) is 1.26. The van der Waals surface area contributed by atoms with Gasteiger partial charge in [0.25, 0.3) is 0 Å². The summed E-state index contributed by atoms with van der Waals surface area (Å²) < 4.78 is 40.3. The molecule has 0 bridgehead atoms. The molecule has 2 aromatic rings. The summed E-state index contributed by atoms with van der Waals surface area (Å²) in [5.41, 5.74) is -0.720. The van der Waals surface area contributed by atoms with Crippen molar-refractivity contribution in [2.45, 2.75) is 6.18 Å². The van der Waals surface area contributed by atoms with Gasteiger partial charge in [-0.2, -0.15) is 13.2 Å². The van der Waals surface area contributed by atoms with Crippen LogP contribution in [0.3, 0.4) is 0 Å². The fraction of sp³-hybridized carbons (Fsp3) is 0.200. The molecule has 0 unspecified atom stereocenters. The molecule has 0 spiro atoms. The third kappa shape index (κ3) is 2.05. The molecule has 0 aliphatic rings. The number of imidazole rings is 1. The molecular weight excluding hydrogens is 219 g/mol. The van der Waals surface area contributed by atoms with E-state index in [1.807, 2.05) is 0 Å². The third-order valence-electron chi connectivity index (χ3n) is 2.02. The van der Waals surface area contributed by atoms with Gasteiger partial charge in [-0.05, 0) is 12.1 Å². The Hall–Kier alpha value is -1.85. The summed E-state index contributed by atoms with van der Waals surface area (Å²) in [5.74, 6) is 0.190. The Morgan fingerprint density at radius 3 is 2.75 bits per heavy atom. The molecule has 0 aliphatic heterocycles. The van der Waals surface area contributed by atoms with Crippen LogP contribution in [0.4, 0.5) is 13.2 Å². The molecule has 2 heterocycles. The van der Waals surface area contributed by atoms with Crippen LogP contribution in [0.25, 0.3) is 5.82 Å². The van der Waals surface area contributed by atoms with E-state index in [-0.39, 0.29) is 5.82 Å². The van der Waals surface area contributed by atoms with Crippen LogP contribution in [0.15, 0.2) is 30.7 Å². The normalized spacial score (nSPS) is 11.8. The molecule has 6 heteroatoms.